The van der Waals surface area contributed by atoms with Gasteiger partial charge in [0.2, 0.25) is 0 Å². The summed E-state index contributed by atoms with van der Waals surface area (Å²) in [5.41, 5.74) is -0.486. The standard InChI is InChI=1S/C41H43F6N5O2/c42-40(43,44)30-13-9-12-28(24-30)36-33(26-50-22-16-31(17-23-50)51-18-5-2-6-19-51)35(38(53)49-37(41(45,46)47)27-10-3-1-4-11-27)32-25-29(14-15-34(32)48-36)39(54)52-20-7-8-21-52/h1,3-4,9-15,24-25,31,37H,2,5-8,16-23,26H2,(H,49,53)/t37-/m1/s1. The van der Waals surface area contributed by atoms with Crippen LogP contribution in [0, 0.1) is 0 Å². The van der Waals surface area contributed by atoms with Gasteiger partial charge in [-0.3, -0.25) is 14.5 Å². The number of benzene rings is 3. The Kier molecular flexibility index (Phi) is 11.0. The van der Waals surface area contributed by atoms with Gasteiger partial charge in [-0.25, -0.2) is 4.98 Å². The van der Waals surface area contributed by atoms with Gasteiger partial charge in [0.15, 0.2) is 6.04 Å². The summed E-state index contributed by atoms with van der Waals surface area (Å²) >= 11 is 0. The van der Waals surface area contributed by atoms with E-state index in [-0.39, 0.29) is 56.9 Å². The summed E-state index contributed by atoms with van der Waals surface area (Å²) in [5, 5.41) is 2.39. The molecule has 0 spiro atoms. The van der Waals surface area contributed by atoms with E-state index in [1.807, 2.05) is 0 Å². The number of nitrogens with zero attached hydrogens (tertiary/aromatic N) is 4. The zero-order valence-corrected chi connectivity index (χ0v) is 29.9. The zero-order chi connectivity index (χ0) is 38.0. The molecule has 1 N–H and O–H groups in total. The van der Waals surface area contributed by atoms with Crippen molar-refractivity contribution in [3.05, 3.63) is 101 Å². The van der Waals surface area contributed by atoms with E-state index < -0.39 is 29.9 Å². The van der Waals surface area contributed by atoms with E-state index in [9.17, 15) is 35.9 Å². The van der Waals surface area contributed by atoms with Gasteiger partial charge in [-0.15, -0.1) is 0 Å². The molecule has 3 aromatic carbocycles. The summed E-state index contributed by atoms with van der Waals surface area (Å²) in [7, 11) is 0. The normalized spacial score (nSPS) is 18.6. The lowest BCUT2D eigenvalue weighted by Crippen LogP contribution is -2.46. The van der Waals surface area contributed by atoms with E-state index >= 15 is 0 Å². The number of aromatic nitrogens is 1. The molecular formula is C41H43F6N5O2. The monoisotopic (exact) mass is 751 g/mol. The third kappa shape index (κ3) is 8.27. The van der Waals surface area contributed by atoms with Crippen molar-refractivity contribution in [3.8, 4) is 11.3 Å². The van der Waals surface area contributed by atoms with Crippen LogP contribution in [0.4, 0.5) is 26.3 Å². The van der Waals surface area contributed by atoms with Crippen molar-refractivity contribution in [1.82, 2.24) is 25.0 Å². The number of likely N-dealkylation sites (tertiary alicyclic amines) is 3. The first-order chi connectivity index (χ1) is 25.9. The second kappa shape index (κ2) is 15.7. The highest BCUT2D eigenvalue weighted by Gasteiger charge is 2.43. The van der Waals surface area contributed by atoms with Crippen LogP contribution in [0.3, 0.4) is 0 Å². The average molecular weight is 752 g/mol. The number of hydrogen-bond acceptors (Lipinski definition) is 5. The van der Waals surface area contributed by atoms with Crippen molar-refractivity contribution in [3.63, 3.8) is 0 Å². The lowest BCUT2D eigenvalue weighted by Gasteiger charge is -2.40. The fourth-order valence-electron chi connectivity index (χ4n) is 8.19. The number of amides is 2. The van der Waals surface area contributed by atoms with Crippen LogP contribution in [0.2, 0.25) is 0 Å². The third-order valence-corrected chi connectivity index (χ3v) is 11.0. The van der Waals surface area contributed by atoms with Crippen molar-refractivity contribution in [2.24, 2.45) is 0 Å². The summed E-state index contributed by atoms with van der Waals surface area (Å²) in [4.78, 5) is 39.3. The maximum atomic E-state index is 14.7. The molecule has 0 saturated carbocycles. The van der Waals surface area contributed by atoms with Gasteiger partial charge in [0.05, 0.1) is 22.3 Å². The van der Waals surface area contributed by atoms with E-state index in [1.54, 1.807) is 17.0 Å². The van der Waals surface area contributed by atoms with Crippen LogP contribution in [0.25, 0.3) is 22.2 Å². The highest BCUT2D eigenvalue weighted by atomic mass is 19.4. The van der Waals surface area contributed by atoms with Gasteiger partial charge < -0.3 is 15.1 Å². The molecule has 0 unspecified atom stereocenters. The van der Waals surface area contributed by atoms with Gasteiger partial charge in [0.1, 0.15) is 0 Å². The Hall–Kier alpha value is -4.49. The van der Waals surface area contributed by atoms with Crippen molar-refractivity contribution in [2.75, 3.05) is 39.3 Å². The zero-order valence-electron chi connectivity index (χ0n) is 29.9. The molecule has 7 rings (SSSR count). The molecule has 3 aliphatic heterocycles. The second-order valence-electron chi connectivity index (χ2n) is 14.6. The largest absolute Gasteiger partial charge is 0.416 e. The van der Waals surface area contributed by atoms with E-state index in [4.69, 9.17) is 4.98 Å². The van der Waals surface area contributed by atoms with Gasteiger partial charge >= 0.3 is 12.4 Å². The smallest absolute Gasteiger partial charge is 0.339 e. The van der Waals surface area contributed by atoms with Gasteiger partial charge in [-0.1, -0.05) is 48.9 Å². The molecule has 286 valence electrons. The molecule has 4 heterocycles. The Morgan fingerprint density at radius 3 is 2.13 bits per heavy atom. The van der Waals surface area contributed by atoms with Crippen LogP contribution in [0.5, 0.6) is 0 Å². The SMILES string of the molecule is O=C(N[C@H](c1ccccc1)C(F)(F)F)c1c(CN2CCC(N3CCCCC3)CC2)c(-c2cccc(C(F)(F)F)c2)nc2ccc(C(=O)N3CCCC3)cc12. The molecule has 3 saturated heterocycles. The molecular weight excluding hydrogens is 708 g/mol. The number of hydrogen-bond donors (Lipinski definition) is 1. The molecule has 0 aliphatic carbocycles. The van der Waals surface area contributed by atoms with Gasteiger partial charge in [-0.2, -0.15) is 26.3 Å². The Balaban J connectivity index is 1.38. The lowest BCUT2D eigenvalue weighted by atomic mass is 9.92. The third-order valence-electron chi connectivity index (χ3n) is 11.0. The fourth-order valence-corrected chi connectivity index (χ4v) is 8.19. The topological polar surface area (TPSA) is 68.8 Å². The maximum Gasteiger partial charge on any atom is 0.416 e. The molecule has 3 fully saturated rings. The molecule has 4 aromatic rings. The quantitative estimate of drug-likeness (QED) is 0.183. The second-order valence-corrected chi connectivity index (χ2v) is 14.6. The molecule has 1 atom stereocenters. The lowest BCUT2D eigenvalue weighted by molar-refractivity contribution is -0.155. The molecule has 54 heavy (non-hydrogen) atoms. The fraction of sp³-hybridized carbons (Fsp3) is 0.439. The summed E-state index contributed by atoms with van der Waals surface area (Å²) in [6, 6.07) is 14.2. The summed E-state index contributed by atoms with van der Waals surface area (Å²) in [6.45, 7) is 4.46. The molecule has 0 bridgehead atoms. The first-order valence-corrected chi connectivity index (χ1v) is 18.7. The number of alkyl halides is 6. The highest BCUT2D eigenvalue weighted by molar-refractivity contribution is 6.11. The number of pyridine rings is 1. The Morgan fingerprint density at radius 1 is 0.778 bits per heavy atom. The molecule has 1 aromatic heterocycles. The van der Waals surface area contributed by atoms with E-state index in [0.29, 0.717) is 32.2 Å². The van der Waals surface area contributed by atoms with Crippen molar-refractivity contribution in [2.45, 2.75) is 75.9 Å². The van der Waals surface area contributed by atoms with Crippen LogP contribution in [0.15, 0.2) is 72.8 Å². The van der Waals surface area contributed by atoms with E-state index in [2.05, 4.69) is 15.1 Å². The van der Waals surface area contributed by atoms with Crippen LogP contribution in [-0.2, 0) is 12.7 Å². The number of piperidine rings is 2. The minimum atomic E-state index is -4.88. The number of fused-ring (bicyclic) bond motifs is 1. The van der Waals surface area contributed by atoms with E-state index in [1.165, 1.54) is 55.0 Å². The number of halogens is 6. The Labute approximate surface area is 310 Å². The number of rotatable bonds is 8. The molecule has 0 radical (unpaired) electrons. The summed E-state index contributed by atoms with van der Waals surface area (Å²) < 4.78 is 86.2. The van der Waals surface area contributed by atoms with Gasteiger partial charge in [-0.05, 0) is 101 Å². The molecule has 2 amide bonds. The first kappa shape index (κ1) is 37.8. The predicted octanol–water partition coefficient (Wildman–Crippen LogP) is 8.64. The van der Waals surface area contributed by atoms with Crippen molar-refractivity contribution < 1.29 is 35.9 Å². The number of nitrogens with one attached hydrogen (secondary N) is 1. The maximum absolute atomic E-state index is 14.7. The minimum Gasteiger partial charge on any atom is -0.339 e. The predicted molar refractivity (Wildman–Crippen MR) is 194 cm³/mol. The first-order valence-electron chi connectivity index (χ1n) is 18.7. The number of carbonyl (C=O) groups excluding carboxylic acids is 2. The molecule has 7 nitrogen and oxygen atoms in total. The van der Waals surface area contributed by atoms with Crippen LogP contribution >= 0.6 is 0 Å². The van der Waals surface area contributed by atoms with Crippen LogP contribution in [-0.4, -0.2) is 83.0 Å². The van der Waals surface area contributed by atoms with Crippen molar-refractivity contribution >= 4 is 22.7 Å². The molecule has 3 aliphatic rings. The van der Waals surface area contributed by atoms with Gasteiger partial charge in [0.25, 0.3) is 11.8 Å². The van der Waals surface area contributed by atoms with Crippen molar-refractivity contribution in [1.29, 1.82) is 0 Å². The highest BCUT2D eigenvalue weighted by Crippen LogP contribution is 2.38. The number of carbonyl (C=O) groups is 2. The minimum absolute atomic E-state index is 0.0519. The van der Waals surface area contributed by atoms with Crippen LogP contribution < -0.4 is 5.32 Å². The Bertz CT molecular complexity index is 1960. The summed E-state index contributed by atoms with van der Waals surface area (Å²) in [6.07, 6.45) is -2.71. The van der Waals surface area contributed by atoms with Gasteiger partial charge in [0, 0.05) is 47.8 Å². The van der Waals surface area contributed by atoms with Crippen LogP contribution in [0.1, 0.15) is 88.4 Å². The Morgan fingerprint density at radius 2 is 1.46 bits per heavy atom. The summed E-state index contributed by atoms with van der Waals surface area (Å²) in [5.74, 6) is -1.34. The average Bonchev–Trinajstić information content (AvgIpc) is 3.72. The van der Waals surface area contributed by atoms with E-state index in [0.717, 1.165) is 63.7 Å². The molecule has 13 heteroatoms.